The van der Waals surface area contributed by atoms with Crippen molar-refractivity contribution in [3.63, 3.8) is 0 Å². The third-order valence-electron chi connectivity index (χ3n) is 4.23. The molecule has 0 bridgehead atoms. The standard InChI is InChI=1S/C16H28N4O3S2/c1-12(2)9-16(3,11-17)19-15(21)14-8-13(10-18-14)25(22,23)20-4-6-24-7-5-20/h8,10,12,18H,4-7,9,11,17H2,1-3H3,(H,19,21). The van der Waals surface area contributed by atoms with E-state index < -0.39 is 15.6 Å². The monoisotopic (exact) mass is 388 g/mol. The Bertz CT molecular complexity index is 696. The van der Waals surface area contributed by atoms with Gasteiger partial charge in [-0.2, -0.15) is 16.1 Å². The van der Waals surface area contributed by atoms with Gasteiger partial charge in [0.1, 0.15) is 10.6 Å². The first kappa shape index (κ1) is 20.3. The van der Waals surface area contributed by atoms with E-state index in [9.17, 15) is 13.2 Å². The molecule has 142 valence electrons. The number of nitrogens with zero attached hydrogens (tertiary/aromatic N) is 1. The average Bonchev–Trinajstić information content (AvgIpc) is 3.06. The predicted octanol–water partition coefficient (Wildman–Crippen LogP) is 1.25. The van der Waals surface area contributed by atoms with E-state index in [0.29, 0.717) is 25.6 Å². The number of nitrogens with two attached hydrogens (primary N) is 1. The van der Waals surface area contributed by atoms with Gasteiger partial charge in [0, 0.05) is 37.3 Å². The Balaban J connectivity index is 2.13. The van der Waals surface area contributed by atoms with Crippen LogP contribution in [0.1, 0.15) is 37.7 Å². The number of hydrogen-bond donors (Lipinski definition) is 3. The molecule has 0 saturated carbocycles. The van der Waals surface area contributed by atoms with Gasteiger partial charge >= 0.3 is 0 Å². The quantitative estimate of drug-likeness (QED) is 0.651. The van der Waals surface area contributed by atoms with Crippen LogP contribution in [-0.2, 0) is 10.0 Å². The van der Waals surface area contributed by atoms with Crippen molar-refractivity contribution in [2.75, 3.05) is 31.1 Å². The summed E-state index contributed by atoms with van der Waals surface area (Å²) in [6.07, 6.45) is 2.13. The summed E-state index contributed by atoms with van der Waals surface area (Å²) in [5.41, 5.74) is 5.53. The predicted molar refractivity (Wildman–Crippen MR) is 101 cm³/mol. The summed E-state index contributed by atoms with van der Waals surface area (Å²) in [6.45, 7) is 7.34. The van der Waals surface area contributed by atoms with Crippen LogP contribution < -0.4 is 11.1 Å². The summed E-state index contributed by atoms with van der Waals surface area (Å²) in [6, 6.07) is 1.40. The van der Waals surface area contributed by atoms with Crippen LogP contribution in [0.2, 0.25) is 0 Å². The van der Waals surface area contributed by atoms with Crippen LogP contribution >= 0.6 is 11.8 Å². The number of nitrogens with one attached hydrogen (secondary N) is 2. The van der Waals surface area contributed by atoms with Crippen molar-refractivity contribution in [1.29, 1.82) is 0 Å². The second-order valence-corrected chi connectivity index (χ2v) is 10.2. The SMILES string of the molecule is CC(C)CC(C)(CN)NC(=O)c1cc(S(=O)(=O)N2CCSCC2)c[nH]1. The first-order valence-electron chi connectivity index (χ1n) is 8.47. The Morgan fingerprint density at radius 1 is 1.44 bits per heavy atom. The Morgan fingerprint density at radius 3 is 2.64 bits per heavy atom. The number of sulfonamides is 1. The Morgan fingerprint density at radius 2 is 2.08 bits per heavy atom. The number of hydrogen-bond acceptors (Lipinski definition) is 5. The molecule has 0 spiro atoms. The van der Waals surface area contributed by atoms with E-state index in [4.69, 9.17) is 5.73 Å². The Labute approximate surface area is 154 Å². The zero-order valence-electron chi connectivity index (χ0n) is 15.0. The summed E-state index contributed by atoms with van der Waals surface area (Å²) in [5.74, 6) is 1.62. The summed E-state index contributed by atoms with van der Waals surface area (Å²) < 4.78 is 26.8. The molecule has 1 aliphatic heterocycles. The molecule has 0 aliphatic carbocycles. The molecule has 9 heteroatoms. The molecular formula is C16H28N4O3S2. The van der Waals surface area contributed by atoms with E-state index in [1.54, 1.807) is 11.8 Å². The molecule has 0 aromatic carbocycles. The molecule has 1 amide bonds. The van der Waals surface area contributed by atoms with Gasteiger partial charge in [0.25, 0.3) is 5.91 Å². The van der Waals surface area contributed by atoms with Crippen molar-refractivity contribution in [3.8, 4) is 0 Å². The van der Waals surface area contributed by atoms with Crippen LogP contribution in [0.3, 0.4) is 0 Å². The smallest absolute Gasteiger partial charge is 0.268 e. The molecule has 1 unspecified atom stereocenters. The first-order chi connectivity index (χ1) is 11.7. The number of amides is 1. The lowest BCUT2D eigenvalue weighted by Crippen LogP contribution is -2.52. The molecule has 1 fully saturated rings. The number of carbonyl (C=O) groups excluding carboxylic acids is 1. The highest BCUT2D eigenvalue weighted by Crippen LogP contribution is 2.21. The largest absolute Gasteiger partial charge is 0.356 e. The highest BCUT2D eigenvalue weighted by atomic mass is 32.2. The van der Waals surface area contributed by atoms with Gasteiger partial charge in [0.15, 0.2) is 0 Å². The second kappa shape index (κ2) is 8.11. The van der Waals surface area contributed by atoms with E-state index in [0.717, 1.165) is 17.9 Å². The molecular weight excluding hydrogens is 360 g/mol. The molecule has 2 heterocycles. The van der Waals surface area contributed by atoms with Gasteiger partial charge in [0.2, 0.25) is 10.0 Å². The van der Waals surface area contributed by atoms with Crippen LogP contribution in [0.4, 0.5) is 0 Å². The number of carbonyl (C=O) groups is 1. The van der Waals surface area contributed by atoms with Crippen LogP contribution in [0, 0.1) is 5.92 Å². The molecule has 2 rings (SSSR count). The van der Waals surface area contributed by atoms with Crippen molar-refractivity contribution in [2.24, 2.45) is 11.7 Å². The van der Waals surface area contributed by atoms with Gasteiger partial charge in [-0.3, -0.25) is 4.79 Å². The maximum absolute atomic E-state index is 12.7. The third-order valence-corrected chi connectivity index (χ3v) is 7.05. The fourth-order valence-corrected chi connectivity index (χ4v) is 5.59. The summed E-state index contributed by atoms with van der Waals surface area (Å²) in [4.78, 5) is 15.4. The molecule has 1 aromatic heterocycles. The molecule has 0 radical (unpaired) electrons. The zero-order valence-corrected chi connectivity index (χ0v) is 16.7. The fourth-order valence-electron chi connectivity index (χ4n) is 3.02. The molecule has 4 N–H and O–H groups in total. The van der Waals surface area contributed by atoms with Crippen molar-refractivity contribution in [1.82, 2.24) is 14.6 Å². The maximum atomic E-state index is 12.7. The minimum atomic E-state index is -3.56. The fraction of sp³-hybridized carbons (Fsp3) is 0.688. The van der Waals surface area contributed by atoms with Gasteiger partial charge in [-0.1, -0.05) is 13.8 Å². The van der Waals surface area contributed by atoms with E-state index in [1.165, 1.54) is 16.6 Å². The average molecular weight is 389 g/mol. The topological polar surface area (TPSA) is 108 Å². The molecule has 25 heavy (non-hydrogen) atoms. The molecule has 1 aliphatic rings. The van der Waals surface area contributed by atoms with Crippen LogP contribution in [0.5, 0.6) is 0 Å². The van der Waals surface area contributed by atoms with Gasteiger partial charge in [-0.25, -0.2) is 8.42 Å². The minimum absolute atomic E-state index is 0.128. The van der Waals surface area contributed by atoms with Crippen LogP contribution in [-0.4, -0.2) is 60.3 Å². The number of H-pyrrole nitrogens is 1. The number of thioether (sulfide) groups is 1. The maximum Gasteiger partial charge on any atom is 0.268 e. The van der Waals surface area contributed by atoms with E-state index in [2.05, 4.69) is 24.1 Å². The molecule has 1 saturated heterocycles. The molecule has 1 atom stereocenters. The highest BCUT2D eigenvalue weighted by molar-refractivity contribution is 7.99. The van der Waals surface area contributed by atoms with Gasteiger partial charge in [0.05, 0.1) is 5.54 Å². The second-order valence-electron chi connectivity index (χ2n) is 7.08. The third kappa shape index (κ3) is 4.99. The van der Waals surface area contributed by atoms with Crippen LogP contribution in [0.25, 0.3) is 0 Å². The number of aromatic amines is 1. The van der Waals surface area contributed by atoms with E-state index in [1.807, 2.05) is 6.92 Å². The minimum Gasteiger partial charge on any atom is -0.356 e. The van der Waals surface area contributed by atoms with Crippen molar-refractivity contribution in [2.45, 2.75) is 37.6 Å². The zero-order chi connectivity index (χ0) is 18.7. The Hall–Kier alpha value is -1.03. The first-order valence-corrected chi connectivity index (χ1v) is 11.1. The van der Waals surface area contributed by atoms with Gasteiger partial charge < -0.3 is 16.0 Å². The van der Waals surface area contributed by atoms with Gasteiger partial charge in [-0.05, 0) is 25.3 Å². The molecule has 7 nitrogen and oxygen atoms in total. The van der Waals surface area contributed by atoms with Crippen molar-refractivity contribution in [3.05, 3.63) is 18.0 Å². The normalized spacial score (nSPS) is 18.9. The lowest BCUT2D eigenvalue weighted by atomic mass is 9.90. The van der Waals surface area contributed by atoms with Crippen molar-refractivity contribution >= 4 is 27.7 Å². The summed E-state index contributed by atoms with van der Waals surface area (Å²) in [5, 5.41) is 2.93. The highest BCUT2D eigenvalue weighted by Gasteiger charge is 2.30. The van der Waals surface area contributed by atoms with Crippen molar-refractivity contribution < 1.29 is 13.2 Å². The Kier molecular flexibility index (Phi) is 6.58. The lowest BCUT2D eigenvalue weighted by molar-refractivity contribution is 0.0893. The summed E-state index contributed by atoms with van der Waals surface area (Å²) in [7, 11) is -3.56. The van der Waals surface area contributed by atoms with Gasteiger partial charge in [-0.15, -0.1) is 0 Å². The number of rotatable bonds is 7. The summed E-state index contributed by atoms with van der Waals surface area (Å²) >= 11 is 1.74. The number of aromatic nitrogens is 1. The molecule has 1 aromatic rings. The van der Waals surface area contributed by atoms with E-state index in [-0.39, 0.29) is 16.5 Å². The lowest BCUT2D eigenvalue weighted by Gasteiger charge is -2.31. The van der Waals surface area contributed by atoms with Crippen LogP contribution in [0.15, 0.2) is 17.2 Å². The van der Waals surface area contributed by atoms with E-state index >= 15 is 0 Å².